The topological polar surface area (TPSA) is 38.3 Å². The molecule has 0 aliphatic heterocycles. The van der Waals surface area contributed by atoms with E-state index in [9.17, 15) is 4.79 Å². The predicted molar refractivity (Wildman–Crippen MR) is 40.0 cm³/mol. The molecule has 0 spiro atoms. The van der Waals surface area contributed by atoms with Crippen molar-refractivity contribution in [1.82, 2.24) is 5.32 Å². The van der Waals surface area contributed by atoms with Crippen LogP contribution in [-0.2, 0) is 9.53 Å². The van der Waals surface area contributed by atoms with Crippen molar-refractivity contribution in [2.24, 2.45) is 0 Å². The van der Waals surface area contributed by atoms with Crippen LogP contribution in [0.5, 0.6) is 0 Å². The third-order valence-corrected chi connectivity index (χ3v) is 1.37. The summed E-state index contributed by atoms with van der Waals surface area (Å²) in [5.41, 5.74) is 0. The number of rotatable bonds is 5. The van der Waals surface area contributed by atoms with Crippen LogP contribution in [0.25, 0.3) is 0 Å². The minimum Gasteiger partial charge on any atom is -0.374 e. The van der Waals surface area contributed by atoms with Crippen molar-refractivity contribution in [3.63, 3.8) is 0 Å². The van der Waals surface area contributed by atoms with Crippen LogP contribution in [0.2, 0.25) is 0 Å². The molecule has 3 heteroatoms. The van der Waals surface area contributed by atoms with Gasteiger partial charge >= 0.3 is 0 Å². The third-order valence-electron chi connectivity index (χ3n) is 1.37. The monoisotopic (exact) mass is 145 g/mol. The molecule has 60 valence electrons. The van der Waals surface area contributed by atoms with E-state index in [1.54, 1.807) is 14.2 Å². The minimum absolute atomic E-state index is 0.118. The highest BCUT2D eigenvalue weighted by atomic mass is 16.5. The summed E-state index contributed by atoms with van der Waals surface area (Å²) in [5, 5.41) is 2.79. The van der Waals surface area contributed by atoms with Gasteiger partial charge < -0.3 is 10.1 Å². The average molecular weight is 145 g/mol. The molecule has 1 atom stereocenters. The summed E-state index contributed by atoms with van der Waals surface area (Å²) >= 11 is 0. The van der Waals surface area contributed by atoms with Crippen LogP contribution in [0.15, 0.2) is 0 Å². The van der Waals surface area contributed by atoms with Gasteiger partial charge in [0.05, 0.1) is 6.54 Å². The summed E-state index contributed by atoms with van der Waals surface area (Å²) in [6.45, 7) is 2.33. The standard InChI is InChI=1S/C7H15NO2/c1-4-7(10-3)6(9)5-8-2/h7-8H,4-5H2,1-3H3. The second-order valence-corrected chi connectivity index (χ2v) is 2.13. The molecule has 0 aromatic rings. The van der Waals surface area contributed by atoms with Crippen molar-refractivity contribution in [1.29, 1.82) is 0 Å². The summed E-state index contributed by atoms with van der Waals surface area (Å²) < 4.78 is 4.92. The Morgan fingerprint density at radius 2 is 2.30 bits per heavy atom. The first-order valence-corrected chi connectivity index (χ1v) is 3.46. The summed E-state index contributed by atoms with van der Waals surface area (Å²) in [6, 6.07) is 0. The lowest BCUT2D eigenvalue weighted by atomic mass is 10.2. The van der Waals surface area contributed by atoms with E-state index >= 15 is 0 Å². The van der Waals surface area contributed by atoms with E-state index in [0.29, 0.717) is 6.54 Å². The van der Waals surface area contributed by atoms with E-state index in [0.717, 1.165) is 6.42 Å². The number of nitrogens with one attached hydrogen (secondary N) is 1. The number of Topliss-reactive ketones (excluding diaryl/α,β-unsaturated/α-hetero) is 1. The molecule has 0 saturated carbocycles. The van der Waals surface area contributed by atoms with Gasteiger partial charge in [0.2, 0.25) is 0 Å². The molecule has 0 heterocycles. The molecule has 0 aliphatic rings. The van der Waals surface area contributed by atoms with E-state index in [4.69, 9.17) is 4.74 Å². The molecule has 0 aliphatic carbocycles. The van der Waals surface area contributed by atoms with Crippen LogP contribution >= 0.6 is 0 Å². The maximum Gasteiger partial charge on any atom is 0.175 e. The largest absolute Gasteiger partial charge is 0.374 e. The lowest BCUT2D eigenvalue weighted by molar-refractivity contribution is -0.127. The van der Waals surface area contributed by atoms with E-state index in [1.165, 1.54) is 0 Å². The van der Waals surface area contributed by atoms with Gasteiger partial charge in [0.15, 0.2) is 5.78 Å². The van der Waals surface area contributed by atoms with Crippen LogP contribution in [0, 0.1) is 0 Å². The lowest BCUT2D eigenvalue weighted by Crippen LogP contribution is -2.30. The zero-order chi connectivity index (χ0) is 7.98. The van der Waals surface area contributed by atoms with E-state index in [1.807, 2.05) is 6.92 Å². The SMILES string of the molecule is CCC(OC)C(=O)CNC. The predicted octanol–water partition coefficient (Wildman–Crippen LogP) is 0.200. The van der Waals surface area contributed by atoms with E-state index in [2.05, 4.69) is 5.32 Å². The Morgan fingerprint density at radius 3 is 2.60 bits per heavy atom. The quantitative estimate of drug-likeness (QED) is 0.600. The molecule has 0 radical (unpaired) electrons. The first kappa shape index (κ1) is 9.59. The van der Waals surface area contributed by atoms with Gasteiger partial charge in [-0.15, -0.1) is 0 Å². The summed E-state index contributed by atoms with van der Waals surface area (Å²) in [4.78, 5) is 11.0. The van der Waals surface area contributed by atoms with Crippen LogP contribution in [0.4, 0.5) is 0 Å². The Morgan fingerprint density at radius 1 is 1.70 bits per heavy atom. The summed E-state index contributed by atoms with van der Waals surface area (Å²) in [7, 11) is 3.31. The smallest absolute Gasteiger partial charge is 0.175 e. The number of likely N-dealkylation sites (N-methyl/N-ethyl adjacent to an activating group) is 1. The number of ketones is 1. The molecule has 10 heavy (non-hydrogen) atoms. The maximum absolute atomic E-state index is 11.0. The van der Waals surface area contributed by atoms with Gasteiger partial charge in [0.1, 0.15) is 6.10 Å². The van der Waals surface area contributed by atoms with Crippen molar-refractivity contribution < 1.29 is 9.53 Å². The molecule has 0 bridgehead atoms. The van der Waals surface area contributed by atoms with Gasteiger partial charge in [-0.2, -0.15) is 0 Å². The third kappa shape index (κ3) is 2.94. The highest BCUT2D eigenvalue weighted by Gasteiger charge is 2.12. The normalized spacial score (nSPS) is 13.1. The Kier molecular flexibility index (Phi) is 5.16. The maximum atomic E-state index is 11.0. The first-order chi connectivity index (χ1) is 4.76. The molecule has 3 nitrogen and oxygen atoms in total. The average Bonchev–Trinajstić information content (AvgIpc) is 1.91. The van der Waals surface area contributed by atoms with Crippen molar-refractivity contribution in [2.75, 3.05) is 20.7 Å². The number of methoxy groups -OCH3 is 1. The zero-order valence-corrected chi connectivity index (χ0v) is 6.81. The fourth-order valence-electron chi connectivity index (χ4n) is 0.814. The molecule has 0 aromatic carbocycles. The number of ether oxygens (including phenoxy) is 1. The second kappa shape index (κ2) is 5.38. The number of hydrogen-bond acceptors (Lipinski definition) is 3. The highest BCUT2D eigenvalue weighted by Crippen LogP contribution is 1.95. The van der Waals surface area contributed by atoms with Crippen molar-refractivity contribution in [3.8, 4) is 0 Å². The van der Waals surface area contributed by atoms with Gasteiger partial charge in [-0.05, 0) is 13.5 Å². The van der Waals surface area contributed by atoms with E-state index < -0.39 is 0 Å². The van der Waals surface area contributed by atoms with Gasteiger partial charge in [-0.1, -0.05) is 6.92 Å². The van der Waals surface area contributed by atoms with Gasteiger partial charge in [-0.25, -0.2) is 0 Å². The van der Waals surface area contributed by atoms with Crippen LogP contribution in [-0.4, -0.2) is 32.6 Å². The molecule has 0 aromatic heterocycles. The Bertz CT molecular complexity index is 99.8. The Hall–Kier alpha value is -0.410. The van der Waals surface area contributed by atoms with Crippen molar-refractivity contribution in [3.05, 3.63) is 0 Å². The Labute approximate surface area is 61.8 Å². The van der Waals surface area contributed by atoms with Gasteiger partial charge in [0, 0.05) is 7.11 Å². The highest BCUT2D eigenvalue weighted by molar-refractivity contribution is 5.84. The minimum atomic E-state index is -0.229. The fraction of sp³-hybridized carbons (Fsp3) is 0.857. The number of hydrogen-bond donors (Lipinski definition) is 1. The van der Waals surface area contributed by atoms with E-state index in [-0.39, 0.29) is 11.9 Å². The number of carbonyl (C=O) groups excluding carboxylic acids is 1. The lowest BCUT2D eigenvalue weighted by Gasteiger charge is -2.10. The molecular formula is C7H15NO2. The van der Waals surface area contributed by atoms with Crippen LogP contribution in [0.1, 0.15) is 13.3 Å². The molecule has 0 fully saturated rings. The van der Waals surface area contributed by atoms with Crippen molar-refractivity contribution >= 4 is 5.78 Å². The van der Waals surface area contributed by atoms with Gasteiger partial charge in [-0.3, -0.25) is 4.79 Å². The first-order valence-electron chi connectivity index (χ1n) is 3.46. The van der Waals surface area contributed by atoms with Crippen molar-refractivity contribution in [2.45, 2.75) is 19.4 Å². The van der Waals surface area contributed by atoms with Gasteiger partial charge in [0.25, 0.3) is 0 Å². The molecule has 0 rings (SSSR count). The Balaban J connectivity index is 3.65. The second-order valence-electron chi connectivity index (χ2n) is 2.13. The molecule has 1 unspecified atom stereocenters. The molecule has 0 amide bonds. The number of carbonyl (C=O) groups is 1. The van der Waals surface area contributed by atoms with Crippen LogP contribution < -0.4 is 5.32 Å². The molecule has 1 N–H and O–H groups in total. The molecular weight excluding hydrogens is 130 g/mol. The fourth-order valence-corrected chi connectivity index (χ4v) is 0.814. The molecule has 0 saturated heterocycles. The summed E-state index contributed by atoms with van der Waals surface area (Å²) in [5.74, 6) is 0.118. The summed E-state index contributed by atoms with van der Waals surface area (Å²) in [6.07, 6.45) is 0.518. The zero-order valence-electron chi connectivity index (χ0n) is 6.81. The van der Waals surface area contributed by atoms with Crippen LogP contribution in [0.3, 0.4) is 0 Å².